The molecule has 1 heteroatoms. The normalized spacial score (nSPS) is 40.4. The van der Waals surface area contributed by atoms with E-state index in [1.807, 2.05) is 18.6 Å². The minimum atomic E-state index is 0.126. The van der Waals surface area contributed by atoms with Crippen LogP contribution in [0.3, 0.4) is 0 Å². The molecule has 4 unspecified atom stereocenters. The summed E-state index contributed by atoms with van der Waals surface area (Å²) in [6, 6.07) is 0. The number of carbonyl (C=O) groups excluding carboxylic acids is 1. The molecule has 4 atom stereocenters. The van der Waals surface area contributed by atoms with Gasteiger partial charge in [0.2, 0.25) is 0 Å². The Morgan fingerprint density at radius 2 is 1.29 bits per heavy atom. The summed E-state index contributed by atoms with van der Waals surface area (Å²) in [6.07, 6.45) is 22.7. The molecule has 0 aromatic carbocycles. The second kappa shape index (κ2) is 4.33. The minimum Gasteiger partial charge on any atom is -0.295 e. The third-order valence-electron chi connectivity index (χ3n) is 3.73. The maximum absolute atomic E-state index is 11.7. The van der Waals surface area contributed by atoms with Gasteiger partial charge in [-0.2, -0.15) is 0 Å². The molecule has 85 valence electrons. The molecule has 0 saturated carbocycles. The van der Waals surface area contributed by atoms with E-state index in [2.05, 4.69) is 42.5 Å². The highest BCUT2D eigenvalue weighted by atomic mass is 16.1. The summed E-state index contributed by atoms with van der Waals surface area (Å²) in [5, 5.41) is 0. The molecule has 0 saturated heterocycles. The lowest BCUT2D eigenvalue weighted by atomic mass is 9.69. The zero-order chi connectivity index (χ0) is 11.7. The monoisotopic (exact) mass is 223 g/mol. The van der Waals surface area contributed by atoms with Gasteiger partial charge in [-0.25, -0.2) is 0 Å². The molecule has 3 rings (SSSR count). The fourth-order valence-electron chi connectivity index (χ4n) is 2.86. The van der Waals surface area contributed by atoms with E-state index in [0.29, 0.717) is 17.8 Å². The van der Waals surface area contributed by atoms with Crippen LogP contribution in [0.25, 0.3) is 0 Å². The van der Waals surface area contributed by atoms with Gasteiger partial charge in [0, 0.05) is 12.3 Å². The van der Waals surface area contributed by atoms with Crippen molar-refractivity contribution in [1.29, 1.82) is 0 Å². The lowest BCUT2D eigenvalue weighted by Crippen LogP contribution is -2.29. The van der Waals surface area contributed by atoms with Crippen LogP contribution >= 0.6 is 0 Å². The maximum Gasteiger partial charge on any atom is 0.159 e. The zero-order valence-electron chi connectivity index (χ0n) is 9.57. The van der Waals surface area contributed by atoms with Crippen LogP contribution in [-0.4, -0.2) is 5.78 Å². The Morgan fingerprint density at radius 3 is 2.06 bits per heavy atom. The molecule has 0 spiro atoms. The van der Waals surface area contributed by atoms with Crippen LogP contribution in [0, 0.1) is 30.1 Å². The first-order valence-corrected chi connectivity index (χ1v) is 6.11. The molecule has 0 bridgehead atoms. The first-order valence-electron chi connectivity index (χ1n) is 6.11. The number of rotatable bonds is 0. The van der Waals surface area contributed by atoms with Crippen LogP contribution in [0.4, 0.5) is 0 Å². The summed E-state index contributed by atoms with van der Waals surface area (Å²) < 4.78 is 0. The molecule has 0 amide bonds. The second-order valence-electron chi connectivity index (χ2n) is 4.78. The van der Waals surface area contributed by atoms with Crippen molar-refractivity contribution in [3.05, 3.63) is 67.2 Å². The largest absolute Gasteiger partial charge is 0.295 e. The number of ketones is 1. The van der Waals surface area contributed by atoms with E-state index in [9.17, 15) is 4.79 Å². The third-order valence-corrected chi connectivity index (χ3v) is 3.73. The van der Waals surface area contributed by atoms with Crippen LogP contribution in [-0.2, 0) is 4.79 Å². The van der Waals surface area contributed by atoms with E-state index in [1.54, 1.807) is 6.08 Å². The Balaban J connectivity index is 1.99. The minimum absolute atomic E-state index is 0.126. The van der Waals surface area contributed by atoms with Crippen molar-refractivity contribution in [2.75, 3.05) is 0 Å². The summed E-state index contributed by atoms with van der Waals surface area (Å²) >= 11 is 0. The van der Waals surface area contributed by atoms with Crippen molar-refractivity contribution in [3.63, 3.8) is 0 Å². The molecule has 0 aromatic heterocycles. The van der Waals surface area contributed by atoms with Gasteiger partial charge in [-0.1, -0.05) is 54.7 Å². The summed E-state index contributed by atoms with van der Waals surface area (Å²) in [4.78, 5) is 11.7. The standard InChI is InChI=1S/C16H15O/c17-14-10-9-12-5-1-3-7-15(12)16-8-4-2-6-13(16)11-14/h1-13,15-16H/b10-9-. The quantitative estimate of drug-likeness (QED) is 0.617. The smallest absolute Gasteiger partial charge is 0.159 e. The van der Waals surface area contributed by atoms with Crippen LogP contribution in [0.1, 0.15) is 0 Å². The second-order valence-corrected chi connectivity index (χ2v) is 4.78. The lowest BCUT2D eigenvalue weighted by Gasteiger charge is -2.34. The zero-order valence-corrected chi connectivity index (χ0v) is 9.57. The van der Waals surface area contributed by atoms with Gasteiger partial charge in [-0.05, 0) is 23.8 Å². The number of allylic oxidation sites excluding steroid dienone is 10. The summed E-state index contributed by atoms with van der Waals surface area (Å²) in [7, 11) is 0. The van der Waals surface area contributed by atoms with Crippen LogP contribution < -0.4 is 0 Å². The highest BCUT2D eigenvalue weighted by Gasteiger charge is 2.32. The Bertz CT molecular complexity index is 462. The van der Waals surface area contributed by atoms with E-state index in [0.717, 1.165) is 0 Å². The van der Waals surface area contributed by atoms with Crippen LogP contribution in [0.5, 0.6) is 0 Å². The van der Waals surface area contributed by atoms with Gasteiger partial charge in [0.15, 0.2) is 5.78 Å². The molecular formula is C16H15O. The summed E-state index contributed by atoms with van der Waals surface area (Å²) in [6.45, 7) is 0. The van der Waals surface area contributed by atoms with Crippen molar-refractivity contribution in [3.8, 4) is 0 Å². The summed E-state index contributed by atoms with van der Waals surface area (Å²) in [5.41, 5.74) is 0. The van der Waals surface area contributed by atoms with Crippen molar-refractivity contribution >= 4 is 5.78 Å². The molecule has 0 heterocycles. The number of carbonyl (C=O) groups is 1. The van der Waals surface area contributed by atoms with Crippen LogP contribution in [0.2, 0.25) is 0 Å². The Kier molecular flexibility index (Phi) is 2.68. The van der Waals surface area contributed by atoms with Crippen molar-refractivity contribution in [2.24, 2.45) is 23.7 Å². The van der Waals surface area contributed by atoms with Gasteiger partial charge >= 0.3 is 0 Å². The van der Waals surface area contributed by atoms with Crippen LogP contribution in [0.15, 0.2) is 60.8 Å². The molecular weight excluding hydrogens is 208 g/mol. The Morgan fingerprint density at radius 1 is 0.706 bits per heavy atom. The molecule has 0 N–H and O–H groups in total. The average molecular weight is 223 g/mol. The van der Waals surface area contributed by atoms with E-state index < -0.39 is 0 Å². The molecule has 3 aliphatic carbocycles. The van der Waals surface area contributed by atoms with Gasteiger partial charge in [0.05, 0.1) is 0 Å². The number of hydrogen-bond acceptors (Lipinski definition) is 1. The summed E-state index contributed by atoms with van der Waals surface area (Å²) in [5.74, 6) is 1.58. The topological polar surface area (TPSA) is 17.1 Å². The molecule has 0 aliphatic heterocycles. The predicted octanol–water partition coefficient (Wildman–Crippen LogP) is 3.05. The molecule has 3 aliphatic rings. The molecule has 0 aromatic rings. The molecule has 0 fully saturated rings. The van der Waals surface area contributed by atoms with E-state index in [1.165, 1.54) is 0 Å². The average Bonchev–Trinajstić information content (AvgIpc) is 2.36. The fraction of sp³-hybridized carbons (Fsp3) is 0.250. The third kappa shape index (κ3) is 1.97. The van der Waals surface area contributed by atoms with Crippen molar-refractivity contribution in [2.45, 2.75) is 0 Å². The van der Waals surface area contributed by atoms with Gasteiger partial charge in [-0.15, -0.1) is 0 Å². The number of fused-ring (bicyclic) bond motifs is 3. The highest BCUT2D eigenvalue weighted by Crippen LogP contribution is 2.38. The highest BCUT2D eigenvalue weighted by molar-refractivity contribution is 5.97. The molecule has 17 heavy (non-hydrogen) atoms. The first-order chi connectivity index (χ1) is 8.34. The van der Waals surface area contributed by atoms with E-state index in [4.69, 9.17) is 0 Å². The van der Waals surface area contributed by atoms with E-state index >= 15 is 0 Å². The SMILES string of the molecule is O=C1[CH]C2C=CC=CC2C2C=CC=CC2/C=C\1. The van der Waals surface area contributed by atoms with Gasteiger partial charge in [0.25, 0.3) is 0 Å². The van der Waals surface area contributed by atoms with E-state index in [-0.39, 0.29) is 11.7 Å². The maximum atomic E-state index is 11.7. The van der Waals surface area contributed by atoms with Gasteiger partial charge in [0.1, 0.15) is 0 Å². The van der Waals surface area contributed by atoms with Crippen molar-refractivity contribution in [1.82, 2.24) is 0 Å². The predicted molar refractivity (Wildman–Crippen MR) is 69.0 cm³/mol. The Labute approximate surface area is 102 Å². The Hall–Kier alpha value is -1.63. The molecule has 1 radical (unpaired) electrons. The fourth-order valence-corrected chi connectivity index (χ4v) is 2.86. The van der Waals surface area contributed by atoms with Gasteiger partial charge in [-0.3, -0.25) is 4.79 Å². The van der Waals surface area contributed by atoms with Crippen molar-refractivity contribution < 1.29 is 4.79 Å². The first kappa shape index (κ1) is 10.5. The lowest BCUT2D eigenvalue weighted by molar-refractivity contribution is -0.112. The number of hydrogen-bond donors (Lipinski definition) is 0. The molecule has 1 nitrogen and oxygen atoms in total. The van der Waals surface area contributed by atoms with Gasteiger partial charge < -0.3 is 0 Å².